The fourth-order valence-corrected chi connectivity index (χ4v) is 3.02. The molecule has 2 rings (SSSR count). The van der Waals surface area contributed by atoms with E-state index in [9.17, 15) is 4.39 Å². The summed E-state index contributed by atoms with van der Waals surface area (Å²) in [5.74, 6) is 5.33. The van der Waals surface area contributed by atoms with Gasteiger partial charge in [0.05, 0.1) is 6.04 Å². The van der Waals surface area contributed by atoms with Crippen LogP contribution in [0.4, 0.5) is 4.39 Å². The van der Waals surface area contributed by atoms with Gasteiger partial charge in [0.2, 0.25) is 0 Å². The molecule has 0 aliphatic rings. The molecule has 2 nitrogen and oxygen atoms in total. The summed E-state index contributed by atoms with van der Waals surface area (Å²) >= 11 is 3.73. The molecule has 2 aromatic rings. The van der Waals surface area contributed by atoms with Crippen LogP contribution in [0.2, 0.25) is 0 Å². The number of nitrogens with one attached hydrogen (secondary N) is 1. The third kappa shape index (κ3) is 2.42. The van der Waals surface area contributed by atoms with Crippen molar-refractivity contribution in [3.05, 3.63) is 55.5 Å². The molecule has 1 atom stereocenters. The molecule has 0 spiro atoms. The molecule has 0 amide bonds. The first kappa shape index (κ1) is 12.0. The number of hydrogen-bond donors (Lipinski definition) is 2. The molecule has 5 heteroatoms. The Labute approximate surface area is 111 Å². The Bertz CT molecular complexity index is 473. The van der Waals surface area contributed by atoms with Gasteiger partial charge in [-0.2, -0.15) is 11.3 Å². The maximum absolute atomic E-state index is 13.0. The van der Waals surface area contributed by atoms with E-state index >= 15 is 0 Å². The Morgan fingerprint density at radius 2 is 2.19 bits per heavy atom. The highest BCUT2D eigenvalue weighted by Crippen LogP contribution is 2.27. The summed E-state index contributed by atoms with van der Waals surface area (Å²) in [5, 5.41) is 4.03. The molecule has 0 aliphatic carbocycles. The standard InChI is InChI=1S/C11H10FIN2S/c12-8-1-2-9(10(13)5-8)11(15-14)7-3-4-16-6-7/h1-6,11,15H,14H2. The minimum absolute atomic E-state index is 0.0845. The minimum atomic E-state index is -0.228. The van der Waals surface area contributed by atoms with Gasteiger partial charge in [0.15, 0.2) is 0 Å². The first-order valence-corrected chi connectivity index (χ1v) is 6.67. The quantitative estimate of drug-likeness (QED) is 0.508. The third-order valence-electron chi connectivity index (χ3n) is 2.32. The topological polar surface area (TPSA) is 38.0 Å². The van der Waals surface area contributed by atoms with Gasteiger partial charge in [-0.3, -0.25) is 5.84 Å². The van der Waals surface area contributed by atoms with Gasteiger partial charge in [0.1, 0.15) is 5.82 Å². The highest BCUT2D eigenvalue weighted by atomic mass is 127. The van der Waals surface area contributed by atoms with E-state index in [1.54, 1.807) is 17.4 Å². The van der Waals surface area contributed by atoms with E-state index in [4.69, 9.17) is 5.84 Å². The molecule has 0 fully saturated rings. The van der Waals surface area contributed by atoms with Gasteiger partial charge in [-0.1, -0.05) is 6.07 Å². The minimum Gasteiger partial charge on any atom is -0.271 e. The second-order valence-corrected chi connectivity index (χ2v) is 5.26. The zero-order valence-corrected chi connectivity index (χ0v) is 11.3. The molecule has 0 aliphatic heterocycles. The summed E-state index contributed by atoms with van der Waals surface area (Å²) in [5.41, 5.74) is 4.84. The predicted molar refractivity (Wildman–Crippen MR) is 72.6 cm³/mol. The molecule has 0 bridgehead atoms. The van der Waals surface area contributed by atoms with E-state index in [1.165, 1.54) is 12.1 Å². The fourth-order valence-electron chi connectivity index (χ4n) is 1.54. The van der Waals surface area contributed by atoms with E-state index in [1.807, 2.05) is 16.8 Å². The number of hydrogen-bond acceptors (Lipinski definition) is 3. The predicted octanol–water partition coefficient (Wildman–Crippen LogP) is 3.04. The Kier molecular flexibility index (Phi) is 3.91. The van der Waals surface area contributed by atoms with Crippen molar-refractivity contribution in [2.75, 3.05) is 0 Å². The molecule has 0 saturated carbocycles. The van der Waals surface area contributed by atoms with Crippen molar-refractivity contribution in [1.29, 1.82) is 0 Å². The maximum Gasteiger partial charge on any atom is 0.124 e. The first-order valence-electron chi connectivity index (χ1n) is 4.65. The van der Waals surface area contributed by atoms with Crippen molar-refractivity contribution in [2.24, 2.45) is 5.84 Å². The van der Waals surface area contributed by atoms with Gasteiger partial charge < -0.3 is 0 Å². The average molecular weight is 348 g/mol. The van der Waals surface area contributed by atoms with Gasteiger partial charge in [0, 0.05) is 3.57 Å². The molecule has 0 saturated heterocycles. The number of halogens is 2. The van der Waals surface area contributed by atoms with Crippen molar-refractivity contribution in [3.8, 4) is 0 Å². The molecule has 1 unspecified atom stereocenters. The lowest BCUT2D eigenvalue weighted by molar-refractivity contribution is 0.613. The molecular weight excluding hydrogens is 338 g/mol. The zero-order chi connectivity index (χ0) is 11.5. The largest absolute Gasteiger partial charge is 0.271 e. The van der Waals surface area contributed by atoms with E-state index in [-0.39, 0.29) is 11.9 Å². The highest BCUT2D eigenvalue weighted by Gasteiger charge is 2.15. The van der Waals surface area contributed by atoms with Crippen molar-refractivity contribution >= 4 is 33.9 Å². The summed E-state index contributed by atoms with van der Waals surface area (Å²) in [7, 11) is 0. The smallest absolute Gasteiger partial charge is 0.124 e. The van der Waals surface area contributed by atoms with Crippen LogP contribution < -0.4 is 11.3 Å². The van der Waals surface area contributed by atoms with Gasteiger partial charge in [-0.15, -0.1) is 0 Å². The normalized spacial score (nSPS) is 12.7. The van der Waals surface area contributed by atoms with Crippen molar-refractivity contribution < 1.29 is 4.39 Å². The zero-order valence-electron chi connectivity index (χ0n) is 8.28. The molecule has 1 aromatic carbocycles. The Hall–Kier alpha value is -0.500. The fraction of sp³-hybridized carbons (Fsp3) is 0.0909. The molecule has 16 heavy (non-hydrogen) atoms. The van der Waals surface area contributed by atoms with Crippen LogP contribution in [0.25, 0.3) is 0 Å². The van der Waals surface area contributed by atoms with Crippen LogP contribution in [-0.2, 0) is 0 Å². The Balaban J connectivity index is 2.41. The van der Waals surface area contributed by atoms with Gasteiger partial charge >= 0.3 is 0 Å². The van der Waals surface area contributed by atoms with E-state index in [2.05, 4.69) is 28.0 Å². The summed E-state index contributed by atoms with van der Waals surface area (Å²) < 4.78 is 13.9. The van der Waals surface area contributed by atoms with Crippen LogP contribution in [0.5, 0.6) is 0 Å². The number of rotatable bonds is 3. The molecule has 0 radical (unpaired) electrons. The van der Waals surface area contributed by atoms with Crippen molar-refractivity contribution in [3.63, 3.8) is 0 Å². The highest BCUT2D eigenvalue weighted by molar-refractivity contribution is 14.1. The SMILES string of the molecule is NNC(c1ccsc1)c1ccc(F)cc1I. The van der Waals surface area contributed by atoms with Crippen LogP contribution in [0.3, 0.4) is 0 Å². The lowest BCUT2D eigenvalue weighted by Crippen LogP contribution is -2.29. The number of hydrazine groups is 1. The molecule has 84 valence electrons. The molecule has 1 aromatic heterocycles. The van der Waals surface area contributed by atoms with Crippen LogP contribution in [0.1, 0.15) is 17.2 Å². The van der Waals surface area contributed by atoms with Crippen molar-refractivity contribution in [1.82, 2.24) is 5.43 Å². The van der Waals surface area contributed by atoms with Crippen LogP contribution in [-0.4, -0.2) is 0 Å². The van der Waals surface area contributed by atoms with E-state index < -0.39 is 0 Å². The van der Waals surface area contributed by atoms with Gasteiger partial charge in [-0.25, -0.2) is 9.82 Å². The summed E-state index contributed by atoms with van der Waals surface area (Å²) in [6, 6.07) is 6.65. The van der Waals surface area contributed by atoms with Crippen LogP contribution >= 0.6 is 33.9 Å². The Morgan fingerprint density at radius 3 is 2.75 bits per heavy atom. The first-order chi connectivity index (χ1) is 7.72. The molecular formula is C11H10FIN2S. The van der Waals surface area contributed by atoms with Crippen LogP contribution in [0.15, 0.2) is 35.0 Å². The second kappa shape index (κ2) is 5.22. The summed E-state index contributed by atoms with van der Waals surface area (Å²) in [6.45, 7) is 0. The lowest BCUT2D eigenvalue weighted by Gasteiger charge is -2.16. The molecule has 1 heterocycles. The summed E-state index contributed by atoms with van der Waals surface area (Å²) in [6.07, 6.45) is 0. The van der Waals surface area contributed by atoms with Crippen LogP contribution in [0, 0.1) is 9.39 Å². The second-order valence-electron chi connectivity index (χ2n) is 3.32. The Morgan fingerprint density at radius 1 is 1.38 bits per heavy atom. The molecule has 3 N–H and O–H groups in total. The third-order valence-corrected chi connectivity index (χ3v) is 3.95. The maximum atomic E-state index is 13.0. The average Bonchev–Trinajstić information content (AvgIpc) is 2.75. The number of thiophene rings is 1. The lowest BCUT2D eigenvalue weighted by atomic mass is 10.0. The van der Waals surface area contributed by atoms with Gasteiger partial charge in [-0.05, 0) is 62.7 Å². The monoisotopic (exact) mass is 348 g/mol. The van der Waals surface area contributed by atoms with Gasteiger partial charge in [0.25, 0.3) is 0 Å². The summed E-state index contributed by atoms with van der Waals surface area (Å²) in [4.78, 5) is 0. The van der Waals surface area contributed by atoms with Crippen molar-refractivity contribution in [2.45, 2.75) is 6.04 Å². The van der Waals surface area contributed by atoms with E-state index in [0.29, 0.717) is 0 Å². The number of nitrogens with two attached hydrogens (primary N) is 1. The van der Waals surface area contributed by atoms with E-state index in [0.717, 1.165) is 14.7 Å². The number of benzene rings is 1.